The summed E-state index contributed by atoms with van der Waals surface area (Å²) in [6, 6.07) is 12.4. The maximum Gasteiger partial charge on any atom is 0.416 e. The molecule has 0 radical (unpaired) electrons. The van der Waals surface area contributed by atoms with Crippen molar-refractivity contribution in [2.24, 2.45) is 0 Å². The van der Waals surface area contributed by atoms with Gasteiger partial charge in [-0.15, -0.1) is 0 Å². The van der Waals surface area contributed by atoms with E-state index < -0.39 is 17.6 Å². The van der Waals surface area contributed by atoms with Gasteiger partial charge in [0.1, 0.15) is 0 Å². The molecule has 0 aliphatic heterocycles. The third kappa shape index (κ3) is 4.18. The van der Waals surface area contributed by atoms with Gasteiger partial charge in [0.15, 0.2) is 5.82 Å². The minimum Gasteiger partial charge on any atom is -0.321 e. The summed E-state index contributed by atoms with van der Waals surface area (Å²) in [6.07, 6.45) is -1.81. The number of carbonyl (C=O) groups excluding carboxylic acids is 1. The van der Waals surface area contributed by atoms with E-state index in [0.717, 1.165) is 17.7 Å². The topological polar surface area (TPSA) is 54.9 Å². The number of benzene rings is 2. The lowest BCUT2D eigenvalue weighted by atomic mass is 10.2. The number of carbonyl (C=O) groups is 1. The highest BCUT2D eigenvalue weighted by Gasteiger charge is 2.31. The number of hydrogen-bond acceptors (Lipinski definition) is 3. The highest BCUT2D eigenvalue weighted by atomic mass is 127. The molecule has 2 aromatic carbocycles. The summed E-state index contributed by atoms with van der Waals surface area (Å²) in [5.41, 5.74) is 0.200. The molecular formula is C18H11F3IN3O. The predicted molar refractivity (Wildman–Crippen MR) is 99.6 cm³/mol. The van der Waals surface area contributed by atoms with Crippen molar-refractivity contribution in [1.82, 2.24) is 9.97 Å². The molecule has 1 N–H and O–H groups in total. The van der Waals surface area contributed by atoms with Crippen molar-refractivity contribution >= 4 is 34.2 Å². The Morgan fingerprint density at radius 1 is 1.00 bits per heavy atom. The lowest BCUT2D eigenvalue weighted by Crippen LogP contribution is -2.15. The monoisotopic (exact) mass is 469 g/mol. The summed E-state index contributed by atoms with van der Waals surface area (Å²) in [5.74, 6) is -0.127. The second-order valence-electron chi connectivity index (χ2n) is 5.31. The summed E-state index contributed by atoms with van der Waals surface area (Å²) in [6.45, 7) is 0. The number of nitrogens with one attached hydrogen (secondary N) is 1. The van der Waals surface area contributed by atoms with Gasteiger partial charge in [0.05, 0.1) is 16.8 Å². The molecule has 132 valence electrons. The van der Waals surface area contributed by atoms with Crippen molar-refractivity contribution in [2.75, 3.05) is 5.32 Å². The summed E-state index contributed by atoms with van der Waals surface area (Å²) in [5, 5.41) is 2.47. The van der Waals surface area contributed by atoms with Crippen LogP contribution in [0.2, 0.25) is 0 Å². The normalized spacial score (nSPS) is 11.2. The summed E-state index contributed by atoms with van der Waals surface area (Å²) in [7, 11) is 0. The first-order valence-corrected chi connectivity index (χ1v) is 8.48. The Kier molecular flexibility index (Phi) is 5.21. The highest BCUT2D eigenvalue weighted by Crippen LogP contribution is 2.32. The third-order valence-corrected chi connectivity index (χ3v) is 4.43. The molecule has 3 rings (SSSR count). The Labute approximate surface area is 160 Å². The van der Waals surface area contributed by atoms with Crippen LogP contribution in [0, 0.1) is 3.57 Å². The predicted octanol–water partition coefficient (Wildman–Crippen LogP) is 5.02. The average molecular weight is 469 g/mol. The fourth-order valence-electron chi connectivity index (χ4n) is 2.17. The van der Waals surface area contributed by atoms with Gasteiger partial charge < -0.3 is 5.32 Å². The molecule has 3 aromatic rings. The molecule has 0 saturated heterocycles. The van der Waals surface area contributed by atoms with Crippen LogP contribution in [-0.2, 0) is 6.18 Å². The Balaban J connectivity index is 1.80. The van der Waals surface area contributed by atoms with Gasteiger partial charge in [-0.2, -0.15) is 13.2 Å². The number of rotatable bonds is 3. The molecule has 8 heteroatoms. The van der Waals surface area contributed by atoms with E-state index in [1.807, 2.05) is 52.9 Å². The van der Waals surface area contributed by atoms with Gasteiger partial charge in [-0.3, -0.25) is 4.79 Å². The lowest BCUT2D eigenvalue weighted by molar-refractivity contribution is -0.137. The Morgan fingerprint density at radius 3 is 2.27 bits per heavy atom. The fraction of sp³-hybridized carbons (Fsp3) is 0.0556. The fourth-order valence-corrected chi connectivity index (χ4v) is 2.64. The number of hydrogen-bond donors (Lipinski definition) is 1. The summed E-state index contributed by atoms with van der Waals surface area (Å²) < 4.78 is 39.0. The van der Waals surface area contributed by atoms with Crippen molar-refractivity contribution in [3.8, 4) is 11.4 Å². The quantitative estimate of drug-likeness (QED) is 0.549. The first kappa shape index (κ1) is 18.3. The van der Waals surface area contributed by atoms with Gasteiger partial charge in [-0.25, -0.2) is 9.97 Å². The number of nitrogens with zero attached hydrogens (tertiary/aromatic N) is 2. The number of amides is 1. The minimum atomic E-state index is -4.48. The van der Waals surface area contributed by atoms with E-state index in [4.69, 9.17) is 0 Å². The van der Waals surface area contributed by atoms with E-state index in [9.17, 15) is 18.0 Å². The minimum absolute atomic E-state index is 0.0811. The van der Waals surface area contributed by atoms with Crippen molar-refractivity contribution in [3.05, 3.63) is 75.6 Å². The molecule has 1 amide bonds. The van der Waals surface area contributed by atoms with Crippen LogP contribution in [0.5, 0.6) is 0 Å². The maximum absolute atomic E-state index is 12.8. The highest BCUT2D eigenvalue weighted by molar-refractivity contribution is 14.1. The SMILES string of the molecule is O=C(Nc1cc(C(F)(F)F)ccc1I)c1cnc(-c2ccccc2)nc1. The second kappa shape index (κ2) is 7.40. The third-order valence-electron chi connectivity index (χ3n) is 3.49. The van der Waals surface area contributed by atoms with Crippen molar-refractivity contribution in [3.63, 3.8) is 0 Å². The summed E-state index contributed by atoms with van der Waals surface area (Å²) in [4.78, 5) is 20.6. The van der Waals surface area contributed by atoms with Crippen LogP contribution in [0.3, 0.4) is 0 Å². The molecule has 0 aliphatic rings. The molecule has 0 spiro atoms. The lowest BCUT2D eigenvalue weighted by Gasteiger charge is -2.12. The smallest absolute Gasteiger partial charge is 0.321 e. The van der Waals surface area contributed by atoms with Gasteiger partial charge in [-0.1, -0.05) is 30.3 Å². The first-order valence-electron chi connectivity index (χ1n) is 7.40. The average Bonchev–Trinajstić information content (AvgIpc) is 2.63. The van der Waals surface area contributed by atoms with E-state index in [1.54, 1.807) is 0 Å². The second-order valence-corrected chi connectivity index (χ2v) is 6.47. The Bertz CT molecular complexity index is 929. The first-order chi connectivity index (χ1) is 12.3. The number of alkyl halides is 3. The van der Waals surface area contributed by atoms with Crippen LogP contribution in [0.1, 0.15) is 15.9 Å². The standard InChI is InChI=1S/C18H11F3IN3O/c19-18(20,21)13-6-7-14(22)15(8-13)25-17(26)12-9-23-16(24-10-12)11-4-2-1-3-5-11/h1-10H,(H,25,26). The van der Waals surface area contributed by atoms with Crippen LogP contribution in [0.25, 0.3) is 11.4 Å². The zero-order valence-electron chi connectivity index (χ0n) is 13.1. The molecule has 0 aliphatic carbocycles. The maximum atomic E-state index is 12.8. The number of aromatic nitrogens is 2. The van der Waals surface area contributed by atoms with Crippen molar-refractivity contribution in [1.29, 1.82) is 0 Å². The molecule has 0 unspecified atom stereocenters. The Hall–Kier alpha value is -2.49. The van der Waals surface area contributed by atoms with E-state index in [1.165, 1.54) is 18.5 Å². The van der Waals surface area contributed by atoms with E-state index in [-0.39, 0.29) is 11.3 Å². The molecule has 0 saturated carbocycles. The van der Waals surface area contributed by atoms with Crippen molar-refractivity contribution in [2.45, 2.75) is 6.18 Å². The van der Waals surface area contributed by atoms with Crippen LogP contribution in [0.15, 0.2) is 60.9 Å². The molecule has 26 heavy (non-hydrogen) atoms. The molecule has 0 bridgehead atoms. The molecule has 0 atom stereocenters. The van der Waals surface area contributed by atoms with Gasteiger partial charge in [-0.05, 0) is 40.8 Å². The molecule has 1 aromatic heterocycles. The van der Waals surface area contributed by atoms with Crippen molar-refractivity contribution < 1.29 is 18.0 Å². The van der Waals surface area contributed by atoms with Crippen LogP contribution >= 0.6 is 22.6 Å². The van der Waals surface area contributed by atoms with Gasteiger partial charge in [0.25, 0.3) is 5.91 Å². The zero-order valence-corrected chi connectivity index (χ0v) is 15.2. The molecule has 1 heterocycles. The largest absolute Gasteiger partial charge is 0.416 e. The van der Waals surface area contributed by atoms with Gasteiger partial charge >= 0.3 is 6.18 Å². The number of halogens is 4. The molecule has 0 fully saturated rings. The van der Waals surface area contributed by atoms with Crippen LogP contribution in [-0.4, -0.2) is 15.9 Å². The number of anilines is 1. The van der Waals surface area contributed by atoms with Gasteiger partial charge in [0, 0.05) is 21.5 Å². The zero-order chi connectivity index (χ0) is 18.7. The molecule has 4 nitrogen and oxygen atoms in total. The van der Waals surface area contributed by atoms with Crippen LogP contribution in [0.4, 0.5) is 18.9 Å². The van der Waals surface area contributed by atoms with Crippen LogP contribution < -0.4 is 5.32 Å². The van der Waals surface area contributed by atoms with E-state index >= 15 is 0 Å². The van der Waals surface area contributed by atoms with E-state index in [0.29, 0.717) is 9.39 Å². The summed E-state index contributed by atoms with van der Waals surface area (Å²) >= 11 is 1.86. The van der Waals surface area contributed by atoms with Gasteiger partial charge in [0.2, 0.25) is 0 Å². The Morgan fingerprint density at radius 2 is 1.65 bits per heavy atom. The molecular weight excluding hydrogens is 458 g/mol. The van der Waals surface area contributed by atoms with E-state index in [2.05, 4.69) is 15.3 Å².